The molecule has 0 radical (unpaired) electrons. The van der Waals surface area contributed by atoms with Gasteiger partial charge in [-0.25, -0.2) is 4.98 Å². The van der Waals surface area contributed by atoms with Crippen LogP contribution in [0.3, 0.4) is 0 Å². The van der Waals surface area contributed by atoms with E-state index >= 15 is 0 Å². The number of hydrogen-bond donors (Lipinski definition) is 2. The number of aromatic amines is 1. The molecule has 1 aromatic rings. The van der Waals surface area contributed by atoms with Gasteiger partial charge in [-0.2, -0.15) is 0 Å². The van der Waals surface area contributed by atoms with Gasteiger partial charge in [0.1, 0.15) is 0 Å². The first-order valence-corrected chi connectivity index (χ1v) is 5.32. The summed E-state index contributed by atoms with van der Waals surface area (Å²) in [6.07, 6.45) is 3.56. The van der Waals surface area contributed by atoms with Crippen LogP contribution in [0.15, 0.2) is 12.5 Å². The third-order valence-corrected chi connectivity index (χ3v) is 2.22. The molecule has 15 heavy (non-hydrogen) atoms. The molecule has 0 aliphatic heterocycles. The van der Waals surface area contributed by atoms with Crippen molar-refractivity contribution in [3.63, 3.8) is 0 Å². The number of hydrogen-bond acceptors (Lipinski definition) is 3. The molecule has 2 N–H and O–H groups in total. The Labute approximate surface area is 92.1 Å². The predicted molar refractivity (Wildman–Crippen MR) is 62.6 cm³/mol. The summed E-state index contributed by atoms with van der Waals surface area (Å²) in [6, 6.07) is 0. The lowest BCUT2D eigenvalue weighted by Gasteiger charge is -2.28. The van der Waals surface area contributed by atoms with Crippen LogP contribution in [0.4, 0.5) is 0 Å². The first-order valence-electron chi connectivity index (χ1n) is 5.32. The highest BCUT2D eigenvalue weighted by molar-refractivity contribution is 4.93. The third kappa shape index (κ3) is 4.95. The van der Waals surface area contributed by atoms with E-state index in [1.54, 1.807) is 6.33 Å². The molecule has 86 valence electrons. The Morgan fingerprint density at radius 1 is 1.47 bits per heavy atom. The van der Waals surface area contributed by atoms with Gasteiger partial charge in [0.15, 0.2) is 0 Å². The topological polar surface area (TPSA) is 44.0 Å². The number of nitrogens with one attached hydrogen (secondary N) is 2. The van der Waals surface area contributed by atoms with Crippen molar-refractivity contribution in [3.8, 4) is 0 Å². The Morgan fingerprint density at radius 2 is 2.20 bits per heavy atom. The second kappa shape index (κ2) is 5.28. The SMILES string of the molecule is CN(C)CC(C)(C)CNCc1cnc[nH]1. The second-order valence-electron chi connectivity index (χ2n) is 5.08. The van der Waals surface area contributed by atoms with Crippen LogP contribution in [0.1, 0.15) is 19.5 Å². The Hall–Kier alpha value is -0.870. The molecule has 1 heterocycles. The Bertz CT molecular complexity index is 264. The van der Waals surface area contributed by atoms with Gasteiger partial charge in [-0.3, -0.25) is 0 Å². The number of nitrogens with zero attached hydrogens (tertiary/aromatic N) is 2. The fourth-order valence-corrected chi connectivity index (χ4v) is 1.83. The van der Waals surface area contributed by atoms with Crippen LogP contribution >= 0.6 is 0 Å². The molecule has 0 atom stereocenters. The highest BCUT2D eigenvalue weighted by Crippen LogP contribution is 2.14. The predicted octanol–water partition coefficient (Wildman–Crippen LogP) is 1.09. The lowest BCUT2D eigenvalue weighted by Crippen LogP contribution is -2.37. The van der Waals surface area contributed by atoms with Crippen molar-refractivity contribution in [2.24, 2.45) is 5.41 Å². The maximum absolute atomic E-state index is 3.98. The molecule has 0 aromatic carbocycles. The minimum atomic E-state index is 0.295. The van der Waals surface area contributed by atoms with Crippen molar-refractivity contribution < 1.29 is 0 Å². The molecule has 0 saturated carbocycles. The fraction of sp³-hybridized carbons (Fsp3) is 0.727. The summed E-state index contributed by atoms with van der Waals surface area (Å²) >= 11 is 0. The number of aromatic nitrogens is 2. The van der Waals surface area contributed by atoms with Gasteiger partial charge in [-0.15, -0.1) is 0 Å². The van der Waals surface area contributed by atoms with E-state index in [-0.39, 0.29) is 0 Å². The molecular weight excluding hydrogens is 188 g/mol. The van der Waals surface area contributed by atoms with E-state index in [2.05, 4.69) is 48.1 Å². The third-order valence-electron chi connectivity index (χ3n) is 2.22. The van der Waals surface area contributed by atoms with Crippen LogP contribution in [0.2, 0.25) is 0 Å². The van der Waals surface area contributed by atoms with Gasteiger partial charge in [0.2, 0.25) is 0 Å². The van der Waals surface area contributed by atoms with E-state index in [0.29, 0.717) is 5.41 Å². The van der Waals surface area contributed by atoms with Crippen LogP contribution < -0.4 is 5.32 Å². The summed E-state index contributed by atoms with van der Waals surface area (Å²) in [6.45, 7) is 7.49. The average Bonchev–Trinajstić information content (AvgIpc) is 2.53. The van der Waals surface area contributed by atoms with Crippen molar-refractivity contribution in [1.82, 2.24) is 20.2 Å². The maximum atomic E-state index is 3.98. The summed E-state index contributed by atoms with van der Waals surface area (Å²) in [5.74, 6) is 0. The van der Waals surface area contributed by atoms with Crippen molar-refractivity contribution in [1.29, 1.82) is 0 Å². The number of H-pyrrole nitrogens is 1. The van der Waals surface area contributed by atoms with Gasteiger partial charge in [-0.1, -0.05) is 13.8 Å². The summed E-state index contributed by atoms with van der Waals surface area (Å²) in [5, 5.41) is 3.44. The van der Waals surface area contributed by atoms with Gasteiger partial charge in [-0.05, 0) is 19.5 Å². The van der Waals surface area contributed by atoms with Gasteiger partial charge < -0.3 is 15.2 Å². The molecule has 0 aliphatic rings. The molecule has 0 aliphatic carbocycles. The average molecular weight is 210 g/mol. The first kappa shape index (κ1) is 12.2. The van der Waals surface area contributed by atoms with Gasteiger partial charge in [0, 0.05) is 31.5 Å². The lowest BCUT2D eigenvalue weighted by molar-refractivity contribution is 0.232. The largest absolute Gasteiger partial charge is 0.347 e. The molecule has 0 fully saturated rings. The first-order chi connectivity index (χ1) is 6.99. The van der Waals surface area contributed by atoms with Crippen molar-refractivity contribution in [2.45, 2.75) is 20.4 Å². The number of imidazole rings is 1. The van der Waals surface area contributed by atoms with Crippen molar-refractivity contribution in [2.75, 3.05) is 27.2 Å². The minimum Gasteiger partial charge on any atom is -0.347 e. The molecule has 0 bridgehead atoms. The zero-order valence-electron chi connectivity index (χ0n) is 10.2. The molecule has 1 aromatic heterocycles. The molecule has 0 unspecified atom stereocenters. The number of rotatable bonds is 6. The normalized spacial score (nSPS) is 12.3. The molecule has 4 heteroatoms. The van der Waals surface area contributed by atoms with Crippen LogP contribution in [0.25, 0.3) is 0 Å². The maximum Gasteiger partial charge on any atom is 0.0922 e. The van der Waals surface area contributed by atoms with Crippen molar-refractivity contribution in [3.05, 3.63) is 18.2 Å². The molecular formula is C11H22N4. The van der Waals surface area contributed by atoms with E-state index in [4.69, 9.17) is 0 Å². The fourth-order valence-electron chi connectivity index (χ4n) is 1.83. The zero-order valence-corrected chi connectivity index (χ0v) is 10.2. The van der Waals surface area contributed by atoms with E-state index in [9.17, 15) is 0 Å². The van der Waals surface area contributed by atoms with Crippen LogP contribution in [-0.4, -0.2) is 42.1 Å². The van der Waals surface area contributed by atoms with Crippen molar-refractivity contribution >= 4 is 0 Å². The smallest absolute Gasteiger partial charge is 0.0922 e. The molecule has 1 rings (SSSR count). The van der Waals surface area contributed by atoms with Crippen LogP contribution in [-0.2, 0) is 6.54 Å². The Kier molecular flexibility index (Phi) is 4.29. The summed E-state index contributed by atoms with van der Waals surface area (Å²) in [5.41, 5.74) is 1.43. The monoisotopic (exact) mass is 210 g/mol. The Balaban J connectivity index is 2.24. The van der Waals surface area contributed by atoms with Gasteiger partial charge in [0.25, 0.3) is 0 Å². The van der Waals surface area contributed by atoms with Gasteiger partial charge >= 0.3 is 0 Å². The summed E-state index contributed by atoms with van der Waals surface area (Å²) in [7, 11) is 4.22. The molecule has 0 saturated heterocycles. The highest BCUT2D eigenvalue weighted by Gasteiger charge is 2.17. The van der Waals surface area contributed by atoms with Crippen LogP contribution in [0, 0.1) is 5.41 Å². The molecule has 4 nitrogen and oxygen atoms in total. The van der Waals surface area contributed by atoms with E-state index < -0.39 is 0 Å². The summed E-state index contributed by atoms with van der Waals surface area (Å²) in [4.78, 5) is 9.28. The second-order valence-corrected chi connectivity index (χ2v) is 5.08. The van der Waals surface area contributed by atoms with Gasteiger partial charge in [0.05, 0.1) is 6.33 Å². The minimum absolute atomic E-state index is 0.295. The van der Waals surface area contributed by atoms with Crippen LogP contribution in [0.5, 0.6) is 0 Å². The zero-order chi connectivity index (χ0) is 11.3. The highest BCUT2D eigenvalue weighted by atomic mass is 15.1. The standard InChI is InChI=1S/C11H22N4/c1-11(2,8-15(3)4)7-12-5-10-6-13-9-14-10/h6,9,12H,5,7-8H2,1-4H3,(H,13,14). The Morgan fingerprint density at radius 3 is 2.73 bits per heavy atom. The quantitative estimate of drug-likeness (QED) is 0.738. The summed E-state index contributed by atoms with van der Waals surface area (Å²) < 4.78 is 0. The van der Waals surface area contributed by atoms with E-state index in [1.165, 1.54) is 0 Å². The lowest BCUT2D eigenvalue weighted by atomic mass is 9.93. The molecule has 0 spiro atoms. The van der Waals surface area contributed by atoms with E-state index in [1.807, 2.05) is 6.20 Å². The molecule has 0 amide bonds. The van der Waals surface area contributed by atoms with E-state index in [0.717, 1.165) is 25.3 Å².